The molecule has 1 saturated heterocycles. The zero-order valence-electron chi connectivity index (χ0n) is 14.5. The predicted molar refractivity (Wildman–Crippen MR) is 97.5 cm³/mol. The molecule has 1 saturated carbocycles. The van der Waals surface area contributed by atoms with Gasteiger partial charge in [-0.2, -0.15) is 0 Å². The number of aryl methyl sites for hydroxylation is 1. The Bertz CT molecular complexity index is 696. The molecule has 0 radical (unpaired) electrons. The summed E-state index contributed by atoms with van der Waals surface area (Å²) in [7, 11) is 2.22. The first-order valence-electron chi connectivity index (χ1n) is 8.84. The van der Waals surface area contributed by atoms with Gasteiger partial charge in [0.1, 0.15) is 11.6 Å². The van der Waals surface area contributed by atoms with Gasteiger partial charge in [-0.3, -0.25) is 0 Å². The monoisotopic (exact) mass is 343 g/mol. The highest BCUT2D eigenvalue weighted by Gasteiger charge is 2.29. The van der Waals surface area contributed by atoms with Crippen molar-refractivity contribution < 1.29 is 0 Å². The van der Waals surface area contributed by atoms with E-state index >= 15 is 0 Å². The van der Waals surface area contributed by atoms with Crippen LogP contribution in [0.2, 0.25) is 0 Å². The molecule has 0 amide bonds. The van der Waals surface area contributed by atoms with Crippen molar-refractivity contribution in [1.29, 1.82) is 0 Å². The van der Waals surface area contributed by atoms with Crippen molar-refractivity contribution in [2.24, 2.45) is 5.92 Å². The van der Waals surface area contributed by atoms with Crippen LogP contribution in [-0.2, 0) is 6.54 Å². The molecule has 2 aromatic rings. The van der Waals surface area contributed by atoms with Crippen molar-refractivity contribution in [2.75, 3.05) is 31.6 Å². The first-order valence-corrected chi connectivity index (χ1v) is 9.72. The lowest BCUT2D eigenvalue weighted by atomic mass is 10.1. The third-order valence-corrected chi connectivity index (χ3v) is 5.96. The maximum absolute atomic E-state index is 4.80. The molecule has 6 heteroatoms. The lowest BCUT2D eigenvalue weighted by Crippen LogP contribution is -2.28. The predicted octanol–water partition coefficient (Wildman–Crippen LogP) is 3.08. The summed E-state index contributed by atoms with van der Waals surface area (Å²) in [6, 6.07) is 2.07. The van der Waals surface area contributed by atoms with E-state index in [0.29, 0.717) is 11.8 Å². The second kappa shape index (κ2) is 6.76. The summed E-state index contributed by atoms with van der Waals surface area (Å²) in [4.78, 5) is 19.8. The molecule has 24 heavy (non-hydrogen) atoms. The molecule has 5 nitrogen and oxygen atoms in total. The van der Waals surface area contributed by atoms with Crippen molar-refractivity contribution in [3.05, 3.63) is 34.2 Å². The number of aromatic nitrogens is 3. The fourth-order valence-electron chi connectivity index (χ4n) is 3.50. The van der Waals surface area contributed by atoms with Gasteiger partial charge in [-0.15, -0.1) is 11.3 Å². The quantitative estimate of drug-likeness (QED) is 0.806. The molecule has 1 unspecified atom stereocenters. The van der Waals surface area contributed by atoms with Gasteiger partial charge in [0.15, 0.2) is 0 Å². The van der Waals surface area contributed by atoms with Gasteiger partial charge >= 0.3 is 0 Å². The molecule has 0 N–H and O–H groups in total. The van der Waals surface area contributed by atoms with E-state index < -0.39 is 0 Å². The largest absolute Gasteiger partial charge is 0.356 e. The maximum Gasteiger partial charge on any atom is 0.133 e. The summed E-state index contributed by atoms with van der Waals surface area (Å²) >= 11 is 1.76. The van der Waals surface area contributed by atoms with Crippen LogP contribution in [0.3, 0.4) is 0 Å². The molecule has 0 bridgehead atoms. The van der Waals surface area contributed by atoms with Gasteiger partial charge in [0.05, 0.1) is 11.2 Å². The lowest BCUT2D eigenvalue weighted by molar-refractivity contribution is 0.281. The standard InChI is InChI=1S/C18H25N5S/c1-13-16(24-12-20-13)11-22(2)9-14-6-8-23(10-14)17-5-7-19-18(21-17)15-3-4-15/h5,7,12,14-15H,3-4,6,8-11H2,1-2H3. The average Bonchev–Trinajstić information content (AvgIpc) is 3.22. The minimum absolute atomic E-state index is 0.622. The van der Waals surface area contributed by atoms with E-state index in [0.717, 1.165) is 37.8 Å². The van der Waals surface area contributed by atoms with Gasteiger partial charge in [-0.05, 0) is 45.2 Å². The van der Waals surface area contributed by atoms with E-state index in [1.54, 1.807) is 11.3 Å². The Morgan fingerprint density at radius 1 is 1.29 bits per heavy atom. The van der Waals surface area contributed by atoms with Crippen molar-refractivity contribution in [3.8, 4) is 0 Å². The summed E-state index contributed by atoms with van der Waals surface area (Å²) in [5, 5.41) is 0. The van der Waals surface area contributed by atoms with Crippen LogP contribution in [-0.4, -0.2) is 46.5 Å². The molecule has 1 atom stereocenters. The van der Waals surface area contributed by atoms with E-state index in [1.165, 1.54) is 29.8 Å². The van der Waals surface area contributed by atoms with Crippen molar-refractivity contribution >= 4 is 17.2 Å². The summed E-state index contributed by atoms with van der Waals surface area (Å²) in [6.45, 7) is 6.45. The van der Waals surface area contributed by atoms with Gasteiger partial charge in [-0.25, -0.2) is 15.0 Å². The highest BCUT2D eigenvalue weighted by atomic mass is 32.1. The molecule has 3 heterocycles. The maximum atomic E-state index is 4.80. The van der Waals surface area contributed by atoms with Crippen LogP contribution in [0.5, 0.6) is 0 Å². The van der Waals surface area contributed by atoms with Crippen LogP contribution in [0.4, 0.5) is 5.82 Å². The third-order valence-electron chi connectivity index (χ3n) is 5.04. The van der Waals surface area contributed by atoms with Gasteiger partial charge < -0.3 is 9.80 Å². The van der Waals surface area contributed by atoms with Gasteiger partial charge in [-0.1, -0.05) is 0 Å². The number of anilines is 1. The third kappa shape index (κ3) is 3.59. The van der Waals surface area contributed by atoms with Gasteiger partial charge in [0.25, 0.3) is 0 Å². The van der Waals surface area contributed by atoms with Crippen LogP contribution in [0.1, 0.15) is 41.6 Å². The second-order valence-corrected chi connectivity index (χ2v) is 8.15. The normalized spacial score (nSPS) is 21.0. The molecule has 2 aliphatic rings. The highest BCUT2D eigenvalue weighted by Crippen LogP contribution is 2.38. The Morgan fingerprint density at radius 2 is 2.17 bits per heavy atom. The summed E-state index contributed by atoms with van der Waals surface area (Å²) < 4.78 is 0. The van der Waals surface area contributed by atoms with Crippen LogP contribution in [0, 0.1) is 12.8 Å². The Hall–Kier alpha value is -1.53. The minimum Gasteiger partial charge on any atom is -0.356 e. The molecule has 0 aromatic carbocycles. The lowest BCUT2D eigenvalue weighted by Gasteiger charge is -2.22. The van der Waals surface area contributed by atoms with Crippen molar-refractivity contribution in [2.45, 2.75) is 38.6 Å². The molecular formula is C18H25N5S. The number of hydrogen-bond acceptors (Lipinski definition) is 6. The van der Waals surface area contributed by atoms with Crippen LogP contribution < -0.4 is 4.90 Å². The van der Waals surface area contributed by atoms with Gasteiger partial charge in [0.2, 0.25) is 0 Å². The van der Waals surface area contributed by atoms with E-state index in [4.69, 9.17) is 4.98 Å². The van der Waals surface area contributed by atoms with Crippen LogP contribution >= 0.6 is 11.3 Å². The molecule has 0 spiro atoms. The molecular weight excluding hydrogens is 318 g/mol. The van der Waals surface area contributed by atoms with E-state index in [2.05, 4.69) is 39.8 Å². The topological polar surface area (TPSA) is 45.2 Å². The Kier molecular flexibility index (Phi) is 4.50. The molecule has 1 aliphatic carbocycles. The molecule has 128 valence electrons. The van der Waals surface area contributed by atoms with Gasteiger partial charge in [0, 0.05) is 43.2 Å². The van der Waals surface area contributed by atoms with E-state index in [9.17, 15) is 0 Å². The Balaban J connectivity index is 1.33. The Labute approximate surface area is 147 Å². The summed E-state index contributed by atoms with van der Waals surface area (Å²) in [6.07, 6.45) is 5.69. The smallest absolute Gasteiger partial charge is 0.133 e. The number of hydrogen-bond donors (Lipinski definition) is 0. The summed E-state index contributed by atoms with van der Waals surface area (Å²) in [5.41, 5.74) is 3.12. The number of thiazole rings is 1. The zero-order valence-corrected chi connectivity index (χ0v) is 15.3. The Morgan fingerprint density at radius 3 is 2.92 bits per heavy atom. The first kappa shape index (κ1) is 16.0. The van der Waals surface area contributed by atoms with Crippen LogP contribution in [0.25, 0.3) is 0 Å². The van der Waals surface area contributed by atoms with Crippen molar-refractivity contribution in [1.82, 2.24) is 19.9 Å². The molecule has 2 aromatic heterocycles. The van der Waals surface area contributed by atoms with Crippen LogP contribution in [0.15, 0.2) is 17.8 Å². The zero-order chi connectivity index (χ0) is 16.5. The first-order chi connectivity index (χ1) is 11.7. The summed E-state index contributed by atoms with van der Waals surface area (Å²) in [5.74, 6) is 3.50. The van der Waals surface area contributed by atoms with Crippen molar-refractivity contribution in [3.63, 3.8) is 0 Å². The average molecular weight is 344 g/mol. The fourth-order valence-corrected chi connectivity index (χ4v) is 4.35. The number of rotatable bonds is 6. The molecule has 4 rings (SSSR count). The minimum atomic E-state index is 0.622. The SMILES string of the molecule is Cc1ncsc1CN(C)CC1CCN(c2ccnc(C3CC3)n2)C1. The number of nitrogens with zero attached hydrogens (tertiary/aromatic N) is 5. The highest BCUT2D eigenvalue weighted by molar-refractivity contribution is 7.09. The van der Waals surface area contributed by atoms with E-state index in [-0.39, 0.29) is 0 Å². The molecule has 2 fully saturated rings. The fraction of sp³-hybridized carbons (Fsp3) is 0.611. The molecule has 1 aliphatic heterocycles. The second-order valence-electron chi connectivity index (χ2n) is 7.21. The van der Waals surface area contributed by atoms with E-state index in [1.807, 2.05) is 11.7 Å².